The SMILES string of the molecule is CC(C)(CO)COC1CCCCCN1. The molecule has 1 heterocycles. The van der Waals surface area contributed by atoms with E-state index < -0.39 is 0 Å². The Kier molecular flexibility index (Phi) is 4.85. The smallest absolute Gasteiger partial charge is 0.108 e. The molecule has 0 radical (unpaired) electrons. The Hall–Kier alpha value is -0.120. The van der Waals surface area contributed by atoms with Crippen molar-refractivity contribution in [3.05, 3.63) is 0 Å². The normalized spacial score (nSPS) is 24.6. The minimum atomic E-state index is -0.117. The second-order valence-corrected chi connectivity index (χ2v) is 4.93. The van der Waals surface area contributed by atoms with E-state index in [1.54, 1.807) is 0 Å². The molecule has 1 aliphatic rings. The number of nitrogens with one attached hydrogen (secondary N) is 1. The van der Waals surface area contributed by atoms with E-state index in [1.807, 2.05) is 13.8 Å². The average Bonchev–Trinajstić information content (AvgIpc) is 2.43. The molecule has 0 aromatic rings. The van der Waals surface area contributed by atoms with Crippen molar-refractivity contribution in [3.8, 4) is 0 Å². The monoisotopic (exact) mass is 201 g/mol. The third-order valence-electron chi connectivity index (χ3n) is 2.62. The standard InChI is InChI=1S/C11H23NO2/c1-11(2,8-13)9-14-10-6-4-3-5-7-12-10/h10,12-13H,3-9H2,1-2H3. The highest BCUT2D eigenvalue weighted by molar-refractivity contribution is 4.68. The number of ether oxygens (including phenoxy) is 1. The predicted molar refractivity (Wildman–Crippen MR) is 57.1 cm³/mol. The van der Waals surface area contributed by atoms with E-state index in [4.69, 9.17) is 9.84 Å². The Bertz CT molecular complexity index is 151. The van der Waals surface area contributed by atoms with Gasteiger partial charge in [0.1, 0.15) is 6.23 Å². The van der Waals surface area contributed by atoms with Crippen molar-refractivity contribution in [1.82, 2.24) is 5.32 Å². The molecule has 3 heteroatoms. The summed E-state index contributed by atoms with van der Waals surface area (Å²) < 4.78 is 5.75. The summed E-state index contributed by atoms with van der Waals surface area (Å²) in [6, 6.07) is 0. The molecule has 0 aromatic heterocycles. The van der Waals surface area contributed by atoms with E-state index in [0.717, 1.165) is 13.0 Å². The molecule has 1 aliphatic heterocycles. The molecule has 1 atom stereocenters. The van der Waals surface area contributed by atoms with Crippen molar-refractivity contribution in [1.29, 1.82) is 0 Å². The molecule has 0 spiro atoms. The van der Waals surface area contributed by atoms with E-state index >= 15 is 0 Å². The van der Waals surface area contributed by atoms with Crippen LogP contribution in [0.3, 0.4) is 0 Å². The van der Waals surface area contributed by atoms with E-state index in [0.29, 0.717) is 6.61 Å². The molecule has 0 amide bonds. The highest BCUT2D eigenvalue weighted by atomic mass is 16.5. The second-order valence-electron chi connectivity index (χ2n) is 4.93. The molecular weight excluding hydrogens is 178 g/mol. The number of hydrogen-bond donors (Lipinski definition) is 2. The van der Waals surface area contributed by atoms with Crippen LogP contribution in [0.1, 0.15) is 39.5 Å². The van der Waals surface area contributed by atoms with Gasteiger partial charge in [-0.1, -0.05) is 20.3 Å². The summed E-state index contributed by atoms with van der Waals surface area (Å²) in [6.45, 7) is 5.90. The van der Waals surface area contributed by atoms with Crippen LogP contribution in [0, 0.1) is 5.41 Å². The first-order chi connectivity index (χ1) is 6.64. The zero-order chi connectivity index (χ0) is 10.4. The summed E-state index contributed by atoms with van der Waals surface area (Å²) >= 11 is 0. The Balaban J connectivity index is 2.22. The van der Waals surface area contributed by atoms with Crippen molar-refractivity contribution in [2.24, 2.45) is 5.41 Å². The molecular formula is C11H23NO2. The lowest BCUT2D eigenvalue weighted by molar-refractivity contribution is -0.0328. The van der Waals surface area contributed by atoms with Gasteiger partial charge in [0.15, 0.2) is 0 Å². The third kappa shape index (κ3) is 4.40. The van der Waals surface area contributed by atoms with Crippen molar-refractivity contribution in [2.45, 2.75) is 45.8 Å². The molecule has 14 heavy (non-hydrogen) atoms. The maximum absolute atomic E-state index is 9.08. The lowest BCUT2D eigenvalue weighted by Crippen LogP contribution is -2.35. The molecule has 1 unspecified atom stereocenters. The largest absolute Gasteiger partial charge is 0.396 e. The fourth-order valence-corrected chi connectivity index (χ4v) is 1.51. The van der Waals surface area contributed by atoms with Crippen LogP contribution in [-0.2, 0) is 4.74 Å². The summed E-state index contributed by atoms with van der Waals surface area (Å²) in [4.78, 5) is 0. The Morgan fingerprint density at radius 3 is 2.86 bits per heavy atom. The highest BCUT2D eigenvalue weighted by Gasteiger charge is 2.20. The minimum absolute atomic E-state index is 0.117. The van der Waals surface area contributed by atoms with Gasteiger partial charge in [-0.2, -0.15) is 0 Å². The Morgan fingerprint density at radius 2 is 2.14 bits per heavy atom. The van der Waals surface area contributed by atoms with Crippen LogP contribution < -0.4 is 5.32 Å². The van der Waals surface area contributed by atoms with Crippen LogP contribution in [0.25, 0.3) is 0 Å². The van der Waals surface area contributed by atoms with Gasteiger partial charge < -0.3 is 9.84 Å². The lowest BCUT2D eigenvalue weighted by atomic mass is 9.96. The second kappa shape index (κ2) is 5.69. The Labute approximate surface area is 86.8 Å². The number of aliphatic hydroxyl groups excluding tert-OH is 1. The van der Waals surface area contributed by atoms with E-state index in [2.05, 4.69) is 5.32 Å². The zero-order valence-electron chi connectivity index (χ0n) is 9.38. The minimum Gasteiger partial charge on any atom is -0.396 e. The van der Waals surface area contributed by atoms with Gasteiger partial charge in [0.2, 0.25) is 0 Å². The quantitative estimate of drug-likeness (QED) is 0.724. The first-order valence-electron chi connectivity index (χ1n) is 5.60. The van der Waals surface area contributed by atoms with Gasteiger partial charge in [-0.25, -0.2) is 0 Å². The average molecular weight is 201 g/mol. The maximum Gasteiger partial charge on any atom is 0.108 e. The summed E-state index contributed by atoms with van der Waals surface area (Å²) in [6.07, 6.45) is 5.10. The molecule has 1 rings (SSSR count). The van der Waals surface area contributed by atoms with Crippen LogP contribution in [0.15, 0.2) is 0 Å². The summed E-state index contributed by atoms with van der Waals surface area (Å²) in [7, 11) is 0. The van der Waals surface area contributed by atoms with Crippen molar-refractivity contribution in [3.63, 3.8) is 0 Å². The van der Waals surface area contributed by atoms with E-state index in [1.165, 1.54) is 19.3 Å². The third-order valence-corrected chi connectivity index (χ3v) is 2.62. The number of aliphatic hydroxyl groups is 1. The van der Waals surface area contributed by atoms with Gasteiger partial charge in [0, 0.05) is 5.41 Å². The number of hydrogen-bond acceptors (Lipinski definition) is 3. The van der Waals surface area contributed by atoms with Crippen molar-refractivity contribution in [2.75, 3.05) is 19.8 Å². The van der Waals surface area contributed by atoms with Crippen LogP contribution in [0.2, 0.25) is 0 Å². The van der Waals surface area contributed by atoms with Gasteiger partial charge in [0.25, 0.3) is 0 Å². The van der Waals surface area contributed by atoms with Crippen molar-refractivity contribution < 1.29 is 9.84 Å². The topological polar surface area (TPSA) is 41.5 Å². The van der Waals surface area contributed by atoms with Gasteiger partial charge in [-0.05, 0) is 25.8 Å². The molecule has 0 aliphatic carbocycles. The summed E-state index contributed by atoms with van der Waals surface area (Å²) in [5.74, 6) is 0. The zero-order valence-corrected chi connectivity index (χ0v) is 9.38. The molecule has 84 valence electrons. The van der Waals surface area contributed by atoms with Gasteiger partial charge >= 0.3 is 0 Å². The maximum atomic E-state index is 9.08. The van der Waals surface area contributed by atoms with Gasteiger partial charge in [-0.15, -0.1) is 0 Å². The molecule has 0 saturated carbocycles. The van der Waals surface area contributed by atoms with Crippen LogP contribution >= 0.6 is 0 Å². The summed E-state index contributed by atoms with van der Waals surface area (Å²) in [5, 5.41) is 12.5. The molecule has 3 nitrogen and oxygen atoms in total. The van der Waals surface area contributed by atoms with Crippen LogP contribution in [0.4, 0.5) is 0 Å². The molecule has 0 bridgehead atoms. The Morgan fingerprint density at radius 1 is 1.36 bits per heavy atom. The highest BCUT2D eigenvalue weighted by Crippen LogP contribution is 2.17. The van der Waals surface area contributed by atoms with Gasteiger partial charge in [0.05, 0.1) is 13.2 Å². The van der Waals surface area contributed by atoms with Crippen molar-refractivity contribution >= 4 is 0 Å². The summed E-state index contributed by atoms with van der Waals surface area (Å²) in [5.41, 5.74) is -0.117. The van der Waals surface area contributed by atoms with E-state index in [-0.39, 0.29) is 18.2 Å². The fraction of sp³-hybridized carbons (Fsp3) is 1.00. The lowest BCUT2D eigenvalue weighted by Gasteiger charge is -2.25. The number of rotatable bonds is 4. The first-order valence-corrected chi connectivity index (χ1v) is 5.60. The molecule has 1 saturated heterocycles. The molecule has 2 N–H and O–H groups in total. The first kappa shape index (κ1) is 12.0. The predicted octanol–water partition coefficient (Wildman–Crippen LogP) is 1.51. The molecule has 1 fully saturated rings. The van der Waals surface area contributed by atoms with E-state index in [9.17, 15) is 0 Å². The van der Waals surface area contributed by atoms with Gasteiger partial charge in [-0.3, -0.25) is 5.32 Å². The van der Waals surface area contributed by atoms with Crippen LogP contribution in [-0.4, -0.2) is 31.1 Å². The fourth-order valence-electron chi connectivity index (χ4n) is 1.51. The molecule has 0 aromatic carbocycles. The van der Waals surface area contributed by atoms with Crippen LogP contribution in [0.5, 0.6) is 0 Å².